The summed E-state index contributed by atoms with van der Waals surface area (Å²) in [6.07, 6.45) is 5.19. The number of aromatic nitrogens is 5. The van der Waals surface area contributed by atoms with Crippen LogP contribution in [0, 0.1) is 0 Å². The van der Waals surface area contributed by atoms with Gasteiger partial charge in [-0.15, -0.1) is 21.5 Å². The molecule has 138 valence electrons. The quantitative estimate of drug-likeness (QED) is 0.414. The lowest BCUT2D eigenvalue weighted by atomic mass is 10.2. The van der Waals surface area contributed by atoms with E-state index in [1.165, 1.54) is 0 Å². The Morgan fingerprint density at radius 3 is 2.89 bits per heavy atom. The van der Waals surface area contributed by atoms with Gasteiger partial charge in [-0.3, -0.25) is 9.55 Å². The van der Waals surface area contributed by atoms with E-state index in [-0.39, 0.29) is 0 Å². The van der Waals surface area contributed by atoms with Gasteiger partial charge in [0.1, 0.15) is 6.26 Å². The van der Waals surface area contributed by atoms with Crippen LogP contribution in [0.3, 0.4) is 0 Å². The molecule has 0 atom stereocenters. The molecule has 0 radical (unpaired) electrons. The predicted octanol–water partition coefficient (Wildman–Crippen LogP) is 4.00. The maximum absolute atomic E-state index is 5.58. The van der Waals surface area contributed by atoms with Crippen molar-refractivity contribution in [3.63, 3.8) is 0 Å². The van der Waals surface area contributed by atoms with Crippen molar-refractivity contribution in [1.82, 2.24) is 24.7 Å². The van der Waals surface area contributed by atoms with Crippen LogP contribution in [0.1, 0.15) is 5.69 Å². The first-order valence-corrected chi connectivity index (χ1v) is 10.2. The third-order valence-corrected chi connectivity index (χ3v) is 5.67. The summed E-state index contributed by atoms with van der Waals surface area (Å²) in [6.45, 7) is 1.25. The Morgan fingerprint density at radius 1 is 1.22 bits per heavy atom. The van der Waals surface area contributed by atoms with Gasteiger partial charge in [-0.25, -0.2) is 4.98 Å². The van der Waals surface area contributed by atoms with E-state index in [1.54, 1.807) is 48.9 Å². The molecule has 0 aliphatic rings. The summed E-state index contributed by atoms with van der Waals surface area (Å²) in [6, 6.07) is 7.83. The zero-order chi connectivity index (χ0) is 18.5. The van der Waals surface area contributed by atoms with Crippen molar-refractivity contribution in [2.24, 2.45) is 0 Å². The molecule has 0 fully saturated rings. The van der Waals surface area contributed by atoms with Crippen molar-refractivity contribution in [3.05, 3.63) is 54.0 Å². The summed E-state index contributed by atoms with van der Waals surface area (Å²) in [5, 5.41) is 11.6. The lowest BCUT2D eigenvalue weighted by Crippen LogP contribution is -2.07. The van der Waals surface area contributed by atoms with Crippen LogP contribution in [0.2, 0.25) is 0 Å². The number of oxazole rings is 1. The van der Waals surface area contributed by atoms with Crippen LogP contribution in [0.5, 0.6) is 0 Å². The molecule has 4 heterocycles. The highest BCUT2D eigenvalue weighted by molar-refractivity contribution is 7.98. The van der Waals surface area contributed by atoms with Crippen molar-refractivity contribution in [2.45, 2.75) is 17.5 Å². The first kappa shape index (κ1) is 17.9. The predicted molar refractivity (Wildman–Crippen MR) is 105 cm³/mol. The van der Waals surface area contributed by atoms with E-state index in [1.807, 2.05) is 29.6 Å². The second kappa shape index (κ2) is 8.47. The van der Waals surface area contributed by atoms with E-state index in [2.05, 4.69) is 24.7 Å². The zero-order valence-corrected chi connectivity index (χ0v) is 16.2. The first-order valence-electron chi connectivity index (χ1n) is 8.29. The largest absolute Gasteiger partial charge is 0.444 e. The van der Waals surface area contributed by atoms with E-state index in [0.29, 0.717) is 24.8 Å². The molecule has 0 aromatic carbocycles. The minimum atomic E-state index is 0.580. The van der Waals surface area contributed by atoms with Gasteiger partial charge in [-0.2, -0.15) is 0 Å². The molecule has 4 aromatic rings. The molecule has 0 amide bonds. The minimum Gasteiger partial charge on any atom is -0.444 e. The maximum Gasteiger partial charge on any atom is 0.236 e. The number of nitrogens with zero attached hydrogens (tertiary/aromatic N) is 5. The number of ether oxygens (including phenoxy) is 1. The summed E-state index contributed by atoms with van der Waals surface area (Å²) in [4.78, 5) is 9.64. The van der Waals surface area contributed by atoms with Crippen LogP contribution in [0.4, 0.5) is 0 Å². The molecule has 7 nitrogen and oxygen atoms in total. The van der Waals surface area contributed by atoms with Crippen molar-refractivity contribution < 1.29 is 9.15 Å². The first-order chi connectivity index (χ1) is 13.3. The highest BCUT2D eigenvalue weighted by Gasteiger charge is 2.15. The number of rotatable bonds is 8. The summed E-state index contributed by atoms with van der Waals surface area (Å²) in [7, 11) is 1.69. The molecule has 0 spiro atoms. The maximum atomic E-state index is 5.58. The van der Waals surface area contributed by atoms with Crippen molar-refractivity contribution in [2.75, 3.05) is 13.7 Å². The lowest BCUT2D eigenvalue weighted by Gasteiger charge is -2.09. The Labute approximate surface area is 164 Å². The molecule has 0 aliphatic carbocycles. The van der Waals surface area contributed by atoms with Crippen molar-refractivity contribution >= 4 is 23.1 Å². The summed E-state index contributed by atoms with van der Waals surface area (Å²) >= 11 is 3.18. The minimum absolute atomic E-state index is 0.580. The highest BCUT2D eigenvalue weighted by Crippen LogP contribution is 2.28. The summed E-state index contributed by atoms with van der Waals surface area (Å²) in [5.74, 6) is 2.10. The van der Waals surface area contributed by atoms with Crippen LogP contribution in [0.15, 0.2) is 57.9 Å². The number of hydrogen-bond acceptors (Lipinski definition) is 8. The van der Waals surface area contributed by atoms with Crippen LogP contribution in [-0.2, 0) is 17.0 Å². The zero-order valence-electron chi connectivity index (χ0n) is 14.6. The molecule has 0 unspecified atom stereocenters. The van der Waals surface area contributed by atoms with Crippen LogP contribution in [0.25, 0.3) is 22.2 Å². The van der Waals surface area contributed by atoms with E-state index in [0.717, 1.165) is 27.1 Å². The normalized spacial score (nSPS) is 11.1. The topological polar surface area (TPSA) is 78.9 Å². The molecule has 0 aliphatic heterocycles. The molecular formula is C18H17N5O2S2. The van der Waals surface area contributed by atoms with Crippen LogP contribution < -0.4 is 0 Å². The SMILES string of the molecule is COCCn1c(SCc2coc(-c3cccs3)n2)nnc1-c1ccncc1. The molecule has 4 aromatic heterocycles. The number of methoxy groups -OCH3 is 1. The van der Waals surface area contributed by atoms with Crippen molar-refractivity contribution in [3.8, 4) is 22.2 Å². The molecule has 9 heteroatoms. The van der Waals surface area contributed by atoms with E-state index >= 15 is 0 Å². The molecule has 0 saturated carbocycles. The standard InChI is InChI=1S/C18H17N5O2S2/c1-24-9-8-23-16(13-4-6-19-7-5-13)21-22-18(23)27-12-14-11-25-17(20-14)15-3-2-10-26-15/h2-7,10-11H,8-9,12H2,1H3. The monoisotopic (exact) mass is 399 g/mol. The average Bonchev–Trinajstić information content (AvgIpc) is 3.45. The number of thiophene rings is 1. The molecule has 27 heavy (non-hydrogen) atoms. The van der Waals surface area contributed by atoms with Gasteiger partial charge in [0.2, 0.25) is 5.89 Å². The van der Waals surface area contributed by atoms with E-state index < -0.39 is 0 Å². The third kappa shape index (κ3) is 4.10. The lowest BCUT2D eigenvalue weighted by molar-refractivity contribution is 0.185. The van der Waals surface area contributed by atoms with Gasteiger partial charge in [0.15, 0.2) is 11.0 Å². The molecule has 0 saturated heterocycles. The number of thioether (sulfide) groups is 1. The Morgan fingerprint density at radius 2 is 2.11 bits per heavy atom. The number of pyridine rings is 1. The fraction of sp³-hybridized carbons (Fsp3) is 0.222. The Kier molecular flexibility index (Phi) is 5.61. The molecule has 4 rings (SSSR count). The van der Waals surface area contributed by atoms with Crippen molar-refractivity contribution in [1.29, 1.82) is 0 Å². The van der Waals surface area contributed by atoms with Gasteiger partial charge < -0.3 is 9.15 Å². The Balaban J connectivity index is 1.52. The second-order valence-corrected chi connectivity index (χ2v) is 7.49. The molecule has 0 bridgehead atoms. The summed E-state index contributed by atoms with van der Waals surface area (Å²) in [5.41, 5.74) is 1.84. The average molecular weight is 400 g/mol. The van der Waals surface area contributed by atoms with E-state index in [9.17, 15) is 0 Å². The van der Waals surface area contributed by atoms with Gasteiger partial charge in [-0.1, -0.05) is 17.8 Å². The van der Waals surface area contributed by atoms with Gasteiger partial charge in [0.05, 0.1) is 23.7 Å². The van der Waals surface area contributed by atoms with E-state index in [4.69, 9.17) is 9.15 Å². The summed E-state index contributed by atoms with van der Waals surface area (Å²) < 4.78 is 12.9. The Hall–Kier alpha value is -2.49. The van der Waals surface area contributed by atoms with Gasteiger partial charge in [-0.05, 0) is 23.6 Å². The fourth-order valence-electron chi connectivity index (χ4n) is 2.52. The number of hydrogen-bond donors (Lipinski definition) is 0. The van der Waals surface area contributed by atoms with Crippen LogP contribution >= 0.6 is 23.1 Å². The van der Waals surface area contributed by atoms with Gasteiger partial charge in [0.25, 0.3) is 0 Å². The van der Waals surface area contributed by atoms with Gasteiger partial charge in [0, 0.05) is 30.8 Å². The highest BCUT2D eigenvalue weighted by atomic mass is 32.2. The Bertz CT molecular complexity index is 983. The second-order valence-electron chi connectivity index (χ2n) is 5.60. The molecule has 0 N–H and O–H groups in total. The van der Waals surface area contributed by atoms with Crippen LogP contribution in [-0.4, -0.2) is 38.4 Å². The van der Waals surface area contributed by atoms with Gasteiger partial charge >= 0.3 is 0 Å². The molecular weight excluding hydrogens is 382 g/mol. The smallest absolute Gasteiger partial charge is 0.236 e. The third-order valence-electron chi connectivity index (χ3n) is 3.81. The fourth-order valence-corrected chi connectivity index (χ4v) is 4.02.